The molecule has 1 aliphatic rings. The fraction of sp³-hybridized carbons (Fsp3) is 0.500. The molecule has 1 saturated carbocycles. The highest BCUT2D eigenvalue weighted by atomic mass is 32.2. The van der Waals surface area contributed by atoms with E-state index in [2.05, 4.69) is 9.71 Å². The smallest absolute Gasteiger partial charge is 0.421 e. The molecule has 1 aromatic heterocycles. The van der Waals surface area contributed by atoms with Gasteiger partial charge in [-0.3, -0.25) is 4.98 Å². The number of amides is 1. The highest BCUT2D eigenvalue weighted by Gasteiger charge is 2.22. The van der Waals surface area contributed by atoms with Crippen molar-refractivity contribution in [2.45, 2.75) is 32.1 Å². The lowest BCUT2D eigenvalue weighted by Crippen LogP contribution is -2.41. The van der Waals surface area contributed by atoms with E-state index in [4.69, 9.17) is 18.9 Å². The number of aryl methyl sites for hydroxylation is 1. The van der Waals surface area contributed by atoms with Gasteiger partial charge in [0.25, 0.3) is 0 Å². The maximum absolute atomic E-state index is 12.0. The number of pyridine rings is 1. The van der Waals surface area contributed by atoms with Gasteiger partial charge in [0.2, 0.25) is 0 Å². The van der Waals surface area contributed by atoms with Gasteiger partial charge in [-0.15, -0.1) is 0 Å². The van der Waals surface area contributed by atoms with Gasteiger partial charge in [0.1, 0.15) is 18.1 Å². The van der Waals surface area contributed by atoms with Crippen molar-refractivity contribution in [2.75, 3.05) is 40.1 Å². The van der Waals surface area contributed by atoms with Crippen LogP contribution < -0.4 is 18.9 Å². The average Bonchev–Trinajstić information content (AvgIpc) is 3.66. The van der Waals surface area contributed by atoms with E-state index >= 15 is 0 Å². The predicted octanol–water partition coefficient (Wildman–Crippen LogP) is 2.63. The summed E-state index contributed by atoms with van der Waals surface area (Å²) in [5.41, 5.74) is 1.71. The van der Waals surface area contributed by atoms with Gasteiger partial charge in [-0.05, 0) is 55.4 Å². The summed E-state index contributed by atoms with van der Waals surface area (Å²) in [5.74, 6) is 2.05. The van der Waals surface area contributed by atoms with Crippen molar-refractivity contribution in [1.82, 2.24) is 14.4 Å². The molecular formula is C24H33N3O7S. The van der Waals surface area contributed by atoms with Crippen LogP contribution in [-0.4, -0.2) is 59.6 Å². The lowest BCUT2D eigenvalue weighted by molar-refractivity contribution is 0.146. The fourth-order valence-corrected chi connectivity index (χ4v) is 3.88. The molecule has 0 unspecified atom stereocenters. The molecule has 1 aromatic carbocycles. The van der Waals surface area contributed by atoms with Crippen molar-refractivity contribution in [1.29, 1.82) is 0 Å². The molecule has 192 valence electrons. The van der Waals surface area contributed by atoms with Crippen molar-refractivity contribution in [2.24, 2.45) is 5.92 Å². The SMILES string of the molecule is COCCOc1ccc(CCCOC(=O)NS(=O)(=O)NCCc2ccccn2)c(OCC2CC2)c1. The van der Waals surface area contributed by atoms with Crippen LogP contribution in [-0.2, 0) is 32.5 Å². The topological polar surface area (TPSA) is 125 Å². The van der Waals surface area contributed by atoms with E-state index < -0.39 is 16.3 Å². The third kappa shape index (κ3) is 10.5. The zero-order valence-corrected chi connectivity index (χ0v) is 20.7. The molecule has 0 aliphatic heterocycles. The van der Waals surface area contributed by atoms with Crippen LogP contribution in [0.5, 0.6) is 11.5 Å². The molecule has 3 rings (SSSR count). The number of aromatic nitrogens is 1. The first-order valence-corrected chi connectivity index (χ1v) is 13.1. The normalized spacial score (nSPS) is 13.3. The number of hydrogen-bond acceptors (Lipinski definition) is 8. The molecule has 1 heterocycles. The van der Waals surface area contributed by atoms with E-state index in [-0.39, 0.29) is 13.2 Å². The Labute approximate surface area is 206 Å². The van der Waals surface area contributed by atoms with Gasteiger partial charge in [0.05, 0.1) is 19.8 Å². The van der Waals surface area contributed by atoms with Crippen molar-refractivity contribution >= 4 is 16.3 Å². The second kappa shape index (κ2) is 13.9. The highest BCUT2D eigenvalue weighted by Crippen LogP contribution is 2.32. The summed E-state index contributed by atoms with van der Waals surface area (Å²) in [6.07, 6.45) is 4.48. The third-order valence-corrected chi connectivity index (χ3v) is 6.23. The number of nitrogens with zero attached hydrogens (tertiary/aromatic N) is 1. The first kappa shape index (κ1) is 26.7. The summed E-state index contributed by atoms with van der Waals surface area (Å²) >= 11 is 0. The minimum absolute atomic E-state index is 0.0590. The second-order valence-electron chi connectivity index (χ2n) is 8.18. The van der Waals surface area contributed by atoms with Gasteiger partial charge in [0.15, 0.2) is 0 Å². The third-order valence-electron chi connectivity index (χ3n) is 5.21. The molecule has 11 heteroatoms. The van der Waals surface area contributed by atoms with Crippen molar-refractivity contribution < 1.29 is 32.2 Å². The first-order chi connectivity index (χ1) is 16.9. The molecule has 1 amide bonds. The van der Waals surface area contributed by atoms with Gasteiger partial charge < -0.3 is 18.9 Å². The van der Waals surface area contributed by atoms with Crippen molar-refractivity contribution in [3.05, 3.63) is 53.9 Å². The standard InChI is InChI=1S/C24H33N3O7S/c1-31-15-16-32-22-10-9-20(23(17-22)34-18-19-7-8-19)5-4-14-33-24(28)27-35(29,30)26-13-11-21-6-2-3-12-25-21/h2-3,6,9-10,12,17,19,26H,4-5,7-8,11,13-16,18H2,1H3,(H,27,28). The molecule has 2 aromatic rings. The number of hydrogen-bond donors (Lipinski definition) is 2. The van der Waals surface area contributed by atoms with Crippen LogP contribution in [0.25, 0.3) is 0 Å². The Morgan fingerprint density at radius 1 is 1.09 bits per heavy atom. The molecule has 0 bridgehead atoms. The Balaban J connectivity index is 1.39. The Bertz CT molecular complexity index is 1030. The second-order valence-corrected chi connectivity index (χ2v) is 9.68. The summed E-state index contributed by atoms with van der Waals surface area (Å²) in [6.45, 7) is 1.77. The van der Waals surface area contributed by atoms with E-state index in [0.29, 0.717) is 50.8 Å². The molecule has 1 aliphatic carbocycles. The van der Waals surface area contributed by atoms with E-state index in [0.717, 1.165) is 17.0 Å². The number of carbonyl (C=O) groups is 1. The molecule has 0 atom stereocenters. The lowest BCUT2D eigenvalue weighted by Gasteiger charge is -2.14. The minimum Gasteiger partial charge on any atom is -0.493 e. The van der Waals surface area contributed by atoms with Crippen LogP contribution in [0.3, 0.4) is 0 Å². The molecule has 0 saturated heterocycles. The molecule has 0 radical (unpaired) electrons. The molecule has 35 heavy (non-hydrogen) atoms. The average molecular weight is 508 g/mol. The Morgan fingerprint density at radius 2 is 1.94 bits per heavy atom. The number of carbonyl (C=O) groups excluding carboxylic acids is 1. The zero-order chi connectivity index (χ0) is 24.9. The highest BCUT2D eigenvalue weighted by molar-refractivity contribution is 7.88. The zero-order valence-electron chi connectivity index (χ0n) is 19.9. The Morgan fingerprint density at radius 3 is 2.69 bits per heavy atom. The van der Waals surface area contributed by atoms with E-state index in [1.165, 1.54) is 12.8 Å². The van der Waals surface area contributed by atoms with Crippen LogP contribution in [0, 0.1) is 5.92 Å². The summed E-state index contributed by atoms with van der Waals surface area (Å²) in [5, 5.41) is 0. The van der Waals surface area contributed by atoms with Gasteiger partial charge in [-0.25, -0.2) is 9.52 Å². The summed E-state index contributed by atoms with van der Waals surface area (Å²) in [4.78, 5) is 16.0. The van der Waals surface area contributed by atoms with Gasteiger partial charge in [-0.1, -0.05) is 12.1 Å². The maximum Gasteiger partial charge on any atom is 0.421 e. The van der Waals surface area contributed by atoms with Gasteiger partial charge in [-0.2, -0.15) is 13.1 Å². The number of rotatable bonds is 16. The van der Waals surface area contributed by atoms with Gasteiger partial charge >= 0.3 is 16.3 Å². The first-order valence-electron chi connectivity index (χ1n) is 11.7. The minimum atomic E-state index is -4.02. The number of nitrogens with one attached hydrogen (secondary N) is 2. The van der Waals surface area contributed by atoms with Crippen LogP contribution in [0.15, 0.2) is 42.6 Å². The fourth-order valence-electron chi connectivity index (χ4n) is 3.16. The van der Waals surface area contributed by atoms with Crippen LogP contribution in [0.1, 0.15) is 30.5 Å². The summed E-state index contributed by atoms with van der Waals surface area (Å²) in [6, 6.07) is 11.1. The van der Waals surface area contributed by atoms with Crippen molar-refractivity contribution in [3.63, 3.8) is 0 Å². The monoisotopic (exact) mass is 507 g/mol. The lowest BCUT2D eigenvalue weighted by atomic mass is 10.1. The molecular weight excluding hydrogens is 474 g/mol. The van der Waals surface area contributed by atoms with Crippen LogP contribution >= 0.6 is 0 Å². The quantitative estimate of drug-likeness (QED) is 0.332. The number of benzene rings is 1. The maximum atomic E-state index is 12.0. The Kier molecular flexibility index (Phi) is 10.6. The predicted molar refractivity (Wildman–Crippen MR) is 130 cm³/mol. The van der Waals surface area contributed by atoms with E-state index in [9.17, 15) is 13.2 Å². The molecule has 1 fully saturated rings. The van der Waals surface area contributed by atoms with E-state index in [1.54, 1.807) is 25.4 Å². The molecule has 10 nitrogen and oxygen atoms in total. The summed E-state index contributed by atoms with van der Waals surface area (Å²) < 4.78 is 49.9. The molecule has 0 spiro atoms. The van der Waals surface area contributed by atoms with Crippen LogP contribution in [0.4, 0.5) is 4.79 Å². The largest absolute Gasteiger partial charge is 0.493 e. The van der Waals surface area contributed by atoms with Crippen molar-refractivity contribution in [3.8, 4) is 11.5 Å². The Hall–Kier alpha value is -2.89. The molecule has 2 N–H and O–H groups in total. The van der Waals surface area contributed by atoms with Crippen LogP contribution in [0.2, 0.25) is 0 Å². The number of ether oxygens (including phenoxy) is 4. The van der Waals surface area contributed by atoms with E-state index in [1.807, 2.05) is 29.0 Å². The number of methoxy groups -OCH3 is 1. The van der Waals surface area contributed by atoms with Gasteiger partial charge in [0, 0.05) is 38.0 Å². The summed E-state index contributed by atoms with van der Waals surface area (Å²) in [7, 11) is -2.40.